The molecule has 0 bridgehead atoms. The summed E-state index contributed by atoms with van der Waals surface area (Å²) in [4.78, 5) is 15.6. The first-order valence-corrected chi connectivity index (χ1v) is 7.66. The minimum Gasteiger partial charge on any atom is -0.480 e. The summed E-state index contributed by atoms with van der Waals surface area (Å²) in [5.41, 5.74) is 8.34. The molecule has 2 heterocycles. The van der Waals surface area contributed by atoms with E-state index >= 15 is 0 Å². The Kier molecular flexibility index (Phi) is 4.14. The van der Waals surface area contributed by atoms with Crippen LogP contribution in [0.15, 0.2) is 47.1 Å². The van der Waals surface area contributed by atoms with E-state index < -0.39 is 12.0 Å². The van der Waals surface area contributed by atoms with E-state index in [4.69, 9.17) is 10.8 Å². The summed E-state index contributed by atoms with van der Waals surface area (Å²) in [5, 5.41) is 9.09. The zero-order valence-electron chi connectivity index (χ0n) is 11.9. The highest BCUT2D eigenvalue weighted by molar-refractivity contribution is 9.10. The molecule has 2 aromatic heterocycles. The molecule has 3 N–H and O–H groups in total. The van der Waals surface area contributed by atoms with Gasteiger partial charge in [0.25, 0.3) is 0 Å². The van der Waals surface area contributed by atoms with E-state index in [0.717, 1.165) is 4.47 Å². The lowest BCUT2D eigenvalue weighted by molar-refractivity contribution is -0.138. The van der Waals surface area contributed by atoms with Crippen LogP contribution < -0.4 is 5.73 Å². The Morgan fingerprint density at radius 3 is 2.65 bits per heavy atom. The lowest BCUT2D eigenvalue weighted by Crippen LogP contribution is -2.32. The van der Waals surface area contributed by atoms with Crippen molar-refractivity contribution >= 4 is 27.5 Å². The molecule has 3 rings (SSSR count). The molecule has 1 aromatic carbocycles. The van der Waals surface area contributed by atoms with Gasteiger partial charge in [0.2, 0.25) is 0 Å². The summed E-state index contributed by atoms with van der Waals surface area (Å²) >= 11 is 3.39. The molecule has 0 aliphatic heterocycles. The number of fused-ring (bicyclic) bond motifs is 1. The standard InChI is InChI=1S/C16H13BrFN3O2/c17-10-3-6-14-20-15(9-1-4-11(18)5-2-9)13(21(14)8-10)7-12(19)16(22)23/h1-6,8,12H,7,19H2,(H,22,23). The van der Waals surface area contributed by atoms with Crippen molar-refractivity contribution in [1.29, 1.82) is 0 Å². The van der Waals surface area contributed by atoms with Crippen LogP contribution in [0.4, 0.5) is 4.39 Å². The molecule has 0 radical (unpaired) electrons. The van der Waals surface area contributed by atoms with E-state index in [1.165, 1.54) is 12.1 Å². The van der Waals surface area contributed by atoms with Crippen molar-refractivity contribution in [3.63, 3.8) is 0 Å². The van der Waals surface area contributed by atoms with Gasteiger partial charge < -0.3 is 15.2 Å². The number of nitrogens with zero attached hydrogens (tertiary/aromatic N) is 2. The lowest BCUT2D eigenvalue weighted by Gasteiger charge is -2.09. The number of carboxylic acid groups (broad SMARTS) is 1. The number of carbonyl (C=O) groups is 1. The van der Waals surface area contributed by atoms with Gasteiger partial charge in [-0.05, 0) is 52.3 Å². The average Bonchev–Trinajstić information content (AvgIpc) is 2.86. The molecule has 3 aromatic rings. The average molecular weight is 378 g/mol. The van der Waals surface area contributed by atoms with Gasteiger partial charge in [0, 0.05) is 22.7 Å². The smallest absolute Gasteiger partial charge is 0.320 e. The highest BCUT2D eigenvalue weighted by atomic mass is 79.9. The van der Waals surface area contributed by atoms with Crippen molar-refractivity contribution in [2.24, 2.45) is 5.73 Å². The molecule has 0 aliphatic carbocycles. The van der Waals surface area contributed by atoms with E-state index in [1.54, 1.807) is 22.7 Å². The van der Waals surface area contributed by atoms with Gasteiger partial charge in [-0.25, -0.2) is 9.37 Å². The third-order valence-electron chi connectivity index (χ3n) is 3.53. The van der Waals surface area contributed by atoms with Gasteiger partial charge >= 0.3 is 5.97 Å². The number of hydrogen-bond acceptors (Lipinski definition) is 3. The maximum atomic E-state index is 13.1. The summed E-state index contributed by atoms with van der Waals surface area (Å²) in [6.45, 7) is 0. The molecule has 118 valence electrons. The highest BCUT2D eigenvalue weighted by Crippen LogP contribution is 2.27. The summed E-state index contributed by atoms with van der Waals surface area (Å²) in [6, 6.07) is 8.52. The maximum Gasteiger partial charge on any atom is 0.320 e. The zero-order chi connectivity index (χ0) is 16.6. The first kappa shape index (κ1) is 15.6. The van der Waals surface area contributed by atoms with E-state index in [2.05, 4.69) is 20.9 Å². The predicted molar refractivity (Wildman–Crippen MR) is 87.6 cm³/mol. The van der Waals surface area contributed by atoms with E-state index in [1.807, 2.05) is 12.1 Å². The van der Waals surface area contributed by atoms with Crippen LogP contribution >= 0.6 is 15.9 Å². The van der Waals surface area contributed by atoms with Crippen LogP contribution in [0.25, 0.3) is 16.9 Å². The Morgan fingerprint density at radius 1 is 1.30 bits per heavy atom. The molecule has 0 aliphatic rings. The first-order valence-electron chi connectivity index (χ1n) is 6.86. The second-order valence-corrected chi connectivity index (χ2v) is 6.05. The summed E-state index contributed by atoms with van der Waals surface area (Å²) < 4.78 is 15.8. The molecule has 1 atom stereocenters. The Bertz CT molecular complexity index is 877. The number of hydrogen-bond donors (Lipinski definition) is 2. The van der Waals surface area contributed by atoms with Crippen molar-refractivity contribution in [3.8, 4) is 11.3 Å². The predicted octanol–water partition coefficient (Wildman–Crippen LogP) is 2.86. The number of benzene rings is 1. The number of halogens is 2. The molecule has 7 heteroatoms. The Balaban J connectivity index is 2.19. The fourth-order valence-electron chi connectivity index (χ4n) is 2.40. The molecule has 0 spiro atoms. The van der Waals surface area contributed by atoms with Gasteiger partial charge in [0.15, 0.2) is 0 Å². The van der Waals surface area contributed by atoms with Crippen LogP contribution in [0.3, 0.4) is 0 Å². The fourth-order valence-corrected chi connectivity index (χ4v) is 2.73. The number of nitrogens with two attached hydrogens (primary N) is 1. The van der Waals surface area contributed by atoms with Crippen LogP contribution in [0.2, 0.25) is 0 Å². The Morgan fingerprint density at radius 2 is 2.00 bits per heavy atom. The van der Waals surface area contributed by atoms with Crippen LogP contribution in [0, 0.1) is 5.82 Å². The number of pyridine rings is 1. The molecule has 0 saturated carbocycles. The van der Waals surface area contributed by atoms with Crippen LogP contribution in [-0.4, -0.2) is 26.5 Å². The molecule has 23 heavy (non-hydrogen) atoms. The Labute approximate surface area is 139 Å². The summed E-state index contributed by atoms with van der Waals surface area (Å²) in [6.07, 6.45) is 1.92. The van der Waals surface area contributed by atoms with E-state index in [9.17, 15) is 9.18 Å². The highest BCUT2D eigenvalue weighted by Gasteiger charge is 2.20. The van der Waals surface area contributed by atoms with Crippen molar-refractivity contribution < 1.29 is 14.3 Å². The second-order valence-electron chi connectivity index (χ2n) is 5.14. The van der Waals surface area contributed by atoms with Crippen molar-refractivity contribution in [3.05, 3.63) is 58.6 Å². The third-order valence-corrected chi connectivity index (χ3v) is 4.00. The summed E-state index contributed by atoms with van der Waals surface area (Å²) in [5.74, 6) is -1.43. The molecule has 5 nitrogen and oxygen atoms in total. The third kappa shape index (κ3) is 3.11. The van der Waals surface area contributed by atoms with Crippen LogP contribution in [0.5, 0.6) is 0 Å². The van der Waals surface area contributed by atoms with Gasteiger partial charge in [-0.15, -0.1) is 0 Å². The zero-order valence-corrected chi connectivity index (χ0v) is 13.5. The van der Waals surface area contributed by atoms with Gasteiger partial charge in [-0.1, -0.05) is 0 Å². The van der Waals surface area contributed by atoms with E-state index in [-0.39, 0.29) is 12.2 Å². The van der Waals surface area contributed by atoms with Crippen LogP contribution in [0.1, 0.15) is 5.69 Å². The van der Waals surface area contributed by atoms with Gasteiger partial charge in [0.05, 0.1) is 11.4 Å². The lowest BCUT2D eigenvalue weighted by atomic mass is 10.1. The number of aliphatic carboxylic acids is 1. The number of carboxylic acids is 1. The molecular formula is C16H13BrFN3O2. The Hall–Kier alpha value is -2.25. The normalized spacial score (nSPS) is 12.5. The minimum absolute atomic E-state index is 0.111. The second kappa shape index (κ2) is 6.10. The minimum atomic E-state index is -1.08. The van der Waals surface area contributed by atoms with Crippen molar-refractivity contribution in [2.75, 3.05) is 0 Å². The number of imidazole rings is 1. The molecule has 0 amide bonds. The number of rotatable bonds is 4. The van der Waals surface area contributed by atoms with E-state index in [0.29, 0.717) is 22.6 Å². The van der Waals surface area contributed by atoms with Crippen molar-refractivity contribution in [1.82, 2.24) is 9.38 Å². The van der Waals surface area contributed by atoms with Crippen molar-refractivity contribution in [2.45, 2.75) is 12.5 Å². The monoisotopic (exact) mass is 377 g/mol. The first-order chi connectivity index (χ1) is 11.0. The molecule has 0 saturated heterocycles. The quantitative estimate of drug-likeness (QED) is 0.732. The van der Waals surface area contributed by atoms with Gasteiger partial charge in [-0.2, -0.15) is 0 Å². The summed E-state index contributed by atoms with van der Waals surface area (Å²) in [7, 11) is 0. The number of aromatic nitrogens is 2. The van der Waals surface area contributed by atoms with Crippen LogP contribution in [-0.2, 0) is 11.2 Å². The molecule has 0 fully saturated rings. The van der Waals surface area contributed by atoms with Gasteiger partial charge in [-0.3, -0.25) is 4.79 Å². The maximum absolute atomic E-state index is 13.1. The fraction of sp³-hybridized carbons (Fsp3) is 0.125. The topological polar surface area (TPSA) is 80.6 Å². The molecular weight excluding hydrogens is 365 g/mol. The SMILES string of the molecule is NC(Cc1c(-c2ccc(F)cc2)nc2ccc(Br)cn12)C(=O)O. The van der Waals surface area contributed by atoms with Gasteiger partial charge in [0.1, 0.15) is 17.5 Å². The molecule has 1 unspecified atom stereocenters. The largest absolute Gasteiger partial charge is 0.480 e.